The van der Waals surface area contributed by atoms with Crippen molar-refractivity contribution in [2.24, 2.45) is 5.73 Å². The molecule has 1 aliphatic rings. The van der Waals surface area contributed by atoms with Gasteiger partial charge in [-0.1, -0.05) is 60.7 Å². The number of esters is 1. The van der Waals surface area contributed by atoms with E-state index in [1.54, 1.807) is 12.1 Å². The van der Waals surface area contributed by atoms with Crippen LogP contribution >= 0.6 is 0 Å². The maximum Gasteiger partial charge on any atom is 0.305 e. The molecule has 1 aliphatic heterocycles. The van der Waals surface area contributed by atoms with Crippen LogP contribution in [-0.4, -0.2) is 119 Å². The number of nitrogens with two attached hydrogens (primary N) is 1. The Morgan fingerprint density at radius 2 is 1.64 bits per heavy atom. The minimum absolute atomic E-state index is 0.0209. The molecule has 0 spiro atoms. The van der Waals surface area contributed by atoms with Crippen LogP contribution in [0.5, 0.6) is 0 Å². The maximum absolute atomic E-state index is 13.2. The van der Waals surface area contributed by atoms with Crippen LogP contribution in [0.2, 0.25) is 0 Å². The number of ether oxygens (including phenoxy) is 4. The average Bonchev–Trinajstić information content (AvgIpc) is 3.24. The van der Waals surface area contributed by atoms with E-state index in [-0.39, 0.29) is 38.5 Å². The third-order valence-electron chi connectivity index (χ3n) is 9.92. The van der Waals surface area contributed by atoms with Gasteiger partial charge >= 0.3 is 5.97 Å². The van der Waals surface area contributed by atoms with E-state index in [1.165, 1.54) is 20.8 Å². The Labute approximate surface area is 351 Å². The van der Waals surface area contributed by atoms with Crippen LogP contribution in [0.3, 0.4) is 0 Å². The molecule has 18 heteroatoms. The molecule has 5 amide bonds. The van der Waals surface area contributed by atoms with Gasteiger partial charge in [0.25, 0.3) is 5.91 Å². The number of carbonyl (C=O) groups is 6. The number of aliphatic hydroxyl groups is 2. The molecule has 1 unspecified atom stereocenters. The van der Waals surface area contributed by atoms with Crippen LogP contribution in [0.25, 0.3) is 21.8 Å². The van der Waals surface area contributed by atoms with Crippen molar-refractivity contribution >= 4 is 57.3 Å². The lowest BCUT2D eigenvalue weighted by Crippen LogP contribution is -2.66. The van der Waals surface area contributed by atoms with Crippen LogP contribution in [0.4, 0.5) is 0 Å². The summed E-state index contributed by atoms with van der Waals surface area (Å²) in [4.78, 5) is 80.8. The number of primary amides is 1. The summed E-state index contributed by atoms with van der Waals surface area (Å²) in [5.74, 6) is -3.99. The minimum Gasteiger partial charge on any atom is -0.466 e. The minimum atomic E-state index is -1.50. The second-order valence-electron chi connectivity index (χ2n) is 14.6. The first-order valence-electron chi connectivity index (χ1n) is 19.9. The van der Waals surface area contributed by atoms with Gasteiger partial charge in [0.2, 0.25) is 23.6 Å². The molecule has 18 nitrogen and oxygen atoms in total. The Balaban J connectivity index is 1.06. The number of para-hydroxylation sites is 2. The molecular formula is C43H52N6O12. The van der Waals surface area contributed by atoms with Crippen LogP contribution in [0.1, 0.15) is 56.0 Å². The molecule has 326 valence electrons. The van der Waals surface area contributed by atoms with Gasteiger partial charge in [-0.25, -0.2) is 4.98 Å². The molecule has 0 radical (unpaired) electrons. The summed E-state index contributed by atoms with van der Waals surface area (Å²) in [5, 5.41) is 33.1. The van der Waals surface area contributed by atoms with Gasteiger partial charge < -0.3 is 56.2 Å². The topological polar surface area (TPSA) is 267 Å². The highest BCUT2D eigenvalue weighted by atomic mass is 16.7. The lowest BCUT2D eigenvalue weighted by atomic mass is 9.96. The molecule has 8 atom stereocenters. The Morgan fingerprint density at radius 1 is 0.918 bits per heavy atom. The molecule has 3 aromatic carbocycles. The average molecular weight is 845 g/mol. The second-order valence-corrected chi connectivity index (χ2v) is 14.6. The molecule has 2 heterocycles. The highest BCUT2D eigenvalue weighted by molar-refractivity contribution is 6.07. The lowest BCUT2D eigenvalue weighted by Gasteiger charge is -2.44. The molecule has 0 aliphatic carbocycles. The molecule has 8 N–H and O–H groups in total. The molecule has 0 saturated carbocycles. The molecule has 5 rings (SSSR count). The van der Waals surface area contributed by atoms with Crippen LogP contribution in [-0.2, 0) is 49.5 Å². The zero-order valence-electron chi connectivity index (χ0n) is 34.1. The van der Waals surface area contributed by atoms with Gasteiger partial charge in [-0.3, -0.25) is 28.8 Å². The predicted octanol–water partition coefficient (Wildman–Crippen LogP) is 0.879. The van der Waals surface area contributed by atoms with Crippen LogP contribution in [0, 0.1) is 0 Å². The number of hydrogen-bond acceptors (Lipinski definition) is 13. The Kier molecular flexibility index (Phi) is 16.6. The number of rotatable bonds is 20. The number of nitrogens with zero attached hydrogens (tertiary/aromatic N) is 1. The number of pyridine rings is 1. The van der Waals surface area contributed by atoms with E-state index in [4.69, 9.17) is 24.7 Å². The van der Waals surface area contributed by atoms with E-state index < -0.39 is 85.0 Å². The van der Waals surface area contributed by atoms with Crippen molar-refractivity contribution in [3.05, 3.63) is 90.0 Å². The zero-order chi connectivity index (χ0) is 44.1. The SMILES string of the molecule is CC(=O)N[C@H]1[C@@H](OCc2ccccc2)O[C@H](CO)[C@@H](O)[C@@H]1OC(C)C(=O)N[C@@H](C)C(=O)N[C@H](CCC(=O)OCCCNC(=O)c1cccc2cc3ccccc3nc12)C(N)=O. The van der Waals surface area contributed by atoms with Gasteiger partial charge in [-0.2, -0.15) is 0 Å². The van der Waals surface area contributed by atoms with Crippen molar-refractivity contribution in [2.45, 2.75) is 95.5 Å². The number of carbonyl (C=O) groups excluding carboxylic acids is 6. The fourth-order valence-corrected chi connectivity index (χ4v) is 6.66. The first-order valence-corrected chi connectivity index (χ1v) is 19.9. The standard InChI is InChI=1S/C43H52N6O12/c1-24(46-41(56)25(2)60-38-36(47-26(3)51)43(61-33(22-50)37(38)53)59-23-27-11-5-4-6-12-27)40(55)49-32(39(44)54)17-18-34(52)58-20-10-19-45-42(57)30-15-9-14-29-21-28-13-7-8-16-31(28)48-35(29)30/h4-9,11-16,21,24-25,32-33,36-38,43,50,53H,10,17-20,22-23H2,1-3H3,(H2,44,54)(H,45,57)(H,46,56)(H,47,51)(H,49,55)/t24-,25?,32+,33+,36+,37+,38+,43-/m0/s1. The Hall–Kier alpha value is -6.05. The van der Waals surface area contributed by atoms with Crippen LogP contribution < -0.4 is 27.0 Å². The second kappa shape index (κ2) is 22.0. The summed E-state index contributed by atoms with van der Waals surface area (Å²) in [6.45, 7) is 3.57. The number of hydrogen-bond donors (Lipinski definition) is 7. The lowest BCUT2D eigenvalue weighted by molar-refractivity contribution is -0.283. The molecule has 1 saturated heterocycles. The monoisotopic (exact) mass is 844 g/mol. The van der Waals surface area contributed by atoms with Crippen molar-refractivity contribution in [3.63, 3.8) is 0 Å². The van der Waals surface area contributed by atoms with Crippen molar-refractivity contribution in [3.8, 4) is 0 Å². The fourth-order valence-electron chi connectivity index (χ4n) is 6.66. The summed E-state index contributed by atoms with van der Waals surface area (Å²) in [5.41, 5.74) is 8.04. The van der Waals surface area contributed by atoms with E-state index in [0.717, 1.165) is 21.9 Å². The third-order valence-corrected chi connectivity index (χ3v) is 9.92. The molecule has 1 fully saturated rings. The number of fused-ring (bicyclic) bond motifs is 2. The fraction of sp³-hybridized carbons (Fsp3) is 0.419. The van der Waals surface area contributed by atoms with Gasteiger partial charge in [0.15, 0.2) is 6.29 Å². The number of nitrogens with one attached hydrogen (secondary N) is 4. The van der Waals surface area contributed by atoms with Gasteiger partial charge in [0.1, 0.15) is 42.5 Å². The van der Waals surface area contributed by atoms with Crippen LogP contribution in [0.15, 0.2) is 78.9 Å². The van der Waals surface area contributed by atoms with Crippen molar-refractivity contribution in [2.75, 3.05) is 19.8 Å². The van der Waals surface area contributed by atoms with E-state index >= 15 is 0 Å². The van der Waals surface area contributed by atoms with Crippen molar-refractivity contribution < 1.29 is 57.9 Å². The van der Waals surface area contributed by atoms with E-state index in [2.05, 4.69) is 26.3 Å². The molecule has 4 aromatic rings. The molecule has 1 aromatic heterocycles. The Morgan fingerprint density at radius 3 is 2.36 bits per heavy atom. The first-order chi connectivity index (χ1) is 29.2. The quantitative estimate of drug-likeness (QED) is 0.0371. The Bertz CT molecular complexity index is 2170. The van der Waals surface area contributed by atoms with Gasteiger partial charge in [-0.15, -0.1) is 0 Å². The number of benzene rings is 3. The van der Waals surface area contributed by atoms with E-state index in [1.807, 2.05) is 66.7 Å². The summed E-state index contributed by atoms with van der Waals surface area (Å²) in [6, 6.07) is 20.4. The van der Waals surface area contributed by atoms with Gasteiger partial charge in [0.05, 0.1) is 36.4 Å². The van der Waals surface area contributed by atoms with Crippen molar-refractivity contribution in [1.29, 1.82) is 0 Å². The smallest absolute Gasteiger partial charge is 0.305 e. The molecular weight excluding hydrogens is 793 g/mol. The highest BCUT2D eigenvalue weighted by Crippen LogP contribution is 2.27. The number of amides is 5. The third kappa shape index (κ3) is 12.7. The first kappa shape index (κ1) is 46.0. The maximum atomic E-state index is 13.2. The van der Waals surface area contributed by atoms with Gasteiger partial charge in [-0.05, 0) is 50.5 Å². The van der Waals surface area contributed by atoms with E-state index in [9.17, 15) is 39.0 Å². The summed E-state index contributed by atoms with van der Waals surface area (Å²) >= 11 is 0. The summed E-state index contributed by atoms with van der Waals surface area (Å²) < 4.78 is 22.9. The van der Waals surface area contributed by atoms with Crippen molar-refractivity contribution in [1.82, 2.24) is 26.3 Å². The highest BCUT2D eigenvalue weighted by Gasteiger charge is 2.48. The molecule has 61 heavy (non-hydrogen) atoms. The largest absolute Gasteiger partial charge is 0.466 e. The summed E-state index contributed by atoms with van der Waals surface area (Å²) in [6.07, 6.45) is -6.64. The number of aromatic nitrogens is 1. The molecule has 0 bridgehead atoms. The normalized spacial score (nSPS) is 20.2. The van der Waals surface area contributed by atoms with E-state index in [0.29, 0.717) is 17.5 Å². The number of aliphatic hydroxyl groups excluding tert-OH is 2. The van der Waals surface area contributed by atoms with Gasteiger partial charge in [0, 0.05) is 30.7 Å². The predicted molar refractivity (Wildman–Crippen MR) is 220 cm³/mol. The zero-order valence-corrected chi connectivity index (χ0v) is 34.1. The summed E-state index contributed by atoms with van der Waals surface area (Å²) in [7, 11) is 0.